The van der Waals surface area contributed by atoms with Crippen molar-refractivity contribution >= 4 is 62.7 Å². The maximum Gasteiger partial charge on any atom is 0.276 e. The van der Waals surface area contributed by atoms with Crippen molar-refractivity contribution in [3.05, 3.63) is 52.8 Å². The van der Waals surface area contributed by atoms with Gasteiger partial charge in [0.1, 0.15) is 24.2 Å². The molecule has 0 aromatic carbocycles. The Bertz CT molecular complexity index is 1410. The summed E-state index contributed by atoms with van der Waals surface area (Å²) in [6.07, 6.45) is 1.86. The fraction of sp³-hybridized carbons (Fsp3) is 0.238. The highest BCUT2D eigenvalue weighted by atomic mass is 32.2. The lowest BCUT2D eigenvalue weighted by Gasteiger charge is -2.50. The Morgan fingerprint density at radius 1 is 1.46 bits per heavy atom. The number of nitrogens with two attached hydrogens (primary N) is 1. The second-order valence-corrected chi connectivity index (χ2v) is 9.70. The number of thioether (sulfide) groups is 1. The number of carbonyl (C=O) groups excluding carboxylic acids is 3. The molecule has 5 rings (SSSR count). The number of aliphatic carboxylic acids is 1. The molecule has 1 fully saturated rings. The van der Waals surface area contributed by atoms with Crippen LogP contribution in [0.15, 0.2) is 56.8 Å². The van der Waals surface area contributed by atoms with Crippen molar-refractivity contribution < 1.29 is 33.4 Å². The molecule has 0 bridgehead atoms. The third-order valence-electron chi connectivity index (χ3n) is 5.55. The normalized spacial score (nSPS) is 20.0. The number of hydrogen-bond acceptors (Lipinski definition) is 11. The maximum atomic E-state index is 13.0. The third kappa shape index (κ3) is 4.00. The molecule has 1 unspecified atom stereocenters. The first-order valence-corrected chi connectivity index (χ1v) is 12.2. The van der Waals surface area contributed by atoms with Crippen molar-refractivity contribution in [2.45, 2.75) is 18.0 Å². The van der Waals surface area contributed by atoms with Gasteiger partial charge < -0.3 is 30.3 Å². The number of hydrogen-bond donors (Lipinski definition) is 2. The van der Waals surface area contributed by atoms with E-state index in [1.54, 1.807) is 11.3 Å². The van der Waals surface area contributed by atoms with Gasteiger partial charge in [-0.25, -0.2) is 0 Å². The van der Waals surface area contributed by atoms with Crippen molar-refractivity contribution in [1.82, 2.24) is 15.4 Å². The zero-order valence-corrected chi connectivity index (χ0v) is 19.8. The van der Waals surface area contributed by atoms with E-state index in [-0.39, 0.29) is 29.5 Å². The second-order valence-electron chi connectivity index (χ2n) is 7.64. The van der Waals surface area contributed by atoms with Gasteiger partial charge in [0.05, 0.1) is 16.4 Å². The minimum absolute atomic E-state index is 0.0269. The van der Waals surface area contributed by atoms with Gasteiger partial charge in [0, 0.05) is 29.5 Å². The van der Waals surface area contributed by atoms with E-state index in [0.29, 0.717) is 11.3 Å². The highest BCUT2D eigenvalue weighted by Gasteiger charge is 2.53. The van der Waals surface area contributed by atoms with Gasteiger partial charge in [-0.3, -0.25) is 14.5 Å². The number of nitrogens with one attached hydrogen (secondary N) is 1. The van der Waals surface area contributed by atoms with Gasteiger partial charge in [-0.15, -0.1) is 23.1 Å². The van der Waals surface area contributed by atoms with E-state index in [9.17, 15) is 19.5 Å². The van der Waals surface area contributed by atoms with Crippen molar-refractivity contribution in [2.24, 2.45) is 5.16 Å². The van der Waals surface area contributed by atoms with Gasteiger partial charge in [-0.2, -0.15) is 4.57 Å². The van der Waals surface area contributed by atoms with E-state index >= 15 is 0 Å². The molecule has 35 heavy (non-hydrogen) atoms. The highest BCUT2D eigenvalue weighted by Crippen LogP contribution is 2.40. The predicted octanol–water partition coefficient (Wildman–Crippen LogP) is -0.786. The van der Waals surface area contributed by atoms with Crippen LogP contribution in [0.25, 0.3) is 10.2 Å². The molecule has 0 aliphatic carbocycles. The Morgan fingerprint density at radius 3 is 3.00 bits per heavy atom. The minimum Gasteiger partial charge on any atom is -0.543 e. The lowest BCUT2D eigenvalue weighted by Crippen LogP contribution is -2.71. The molecule has 2 aliphatic rings. The Balaban J connectivity index is 1.38. The first-order valence-electron chi connectivity index (χ1n) is 10.3. The Kier molecular flexibility index (Phi) is 5.90. The van der Waals surface area contributed by atoms with E-state index in [1.165, 1.54) is 29.8 Å². The number of fused-ring (bicyclic) bond motifs is 2. The van der Waals surface area contributed by atoms with Crippen LogP contribution in [0.2, 0.25) is 0 Å². The number of aromatic nitrogens is 2. The predicted molar refractivity (Wildman–Crippen MR) is 124 cm³/mol. The van der Waals surface area contributed by atoms with Gasteiger partial charge in [-0.1, -0.05) is 10.3 Å². The summed E-state index contributed by atoms with van der Waals surface area (Å²) in [4.78, 5) is 43.8. The van der Waals surface area contributed by atoms with Crippen LogP contribution in [0.3, 0.4) is 0 Å². The number of carboxylic acids is 1. The number of anilines is 1. The molecule has 0 radical (unpaired) electrons. The third-order valence-corrected chi connectivity index (χ3v) is 7.76. The van der Waals surface area contributed by atoms with Crippen LogP contribution in [0.1, 0.15) is 5.69 Å². The lowest BCUT2D eigenvalue weighted by atomic mass is 10.0. The van der Waals surface area contributed by atoms with Crippen LogP contribution in [0.4, 0.5) is 5.88 Å². The Labute approximate surface area is 206 Å². The molecule has 180 valence electrons. The number of rotatable bonds is 7. The summed E-state index contributed by atoms with van der Waals surface area (Å²) < 4.78 is 7.77. The number of nitrogen functional groups attached to an aromatic ring is 1. The first kappa shape index (κ1) is 22.9. The lowest BCUT2D eigenvalue weighted by molar-refractivity contribution is -0.663. The number of nitrogens with zero attached hydrogens (tertiary/aromatic N) is 4. The average molecular weight is 515 g/mol. The fourth-order valence-electron chi connectivity index (χ4n) is 4.03. The second kappa shape index (κ2) is 9.03. The molecule has 3 N–H and O–H groups in total. The van der Waals surface area contributed by atoms with Crippen LogP contribution in [0, 0.1) is 0 Å². The molecule has 3 aromatic rings. The molecule has 5 heterocycles. The summed E-state index contributed by atoms with van der Waals surface area (Å²) in [6.45, 7) is 0.288. The van der Waals surface area contributed by atoms with Crippen molar-refractivity contribution in [2.75, 3.05) is 18.6 Å². The summed E-state index contributed by atoms with van der Waals surface area (Å²) >= 11 is 2.94. The summed E-state index contributed by atoms with van der Waals surface area (Å²) in [5.41, 5.74) is 6.64. The molecule has 1 saturated heterocycles. The minimum atomic E-state index is -1.44. The molecule has 3 aromatic heterocycles. The molecular weight excluding hydrogens is 496 g/mol. The van der Waals surface area contributed by atoms with E-state index in [4.69, 9.17) is 15.1 Å². The number of β-lactam (4-membered cyclic amide) rings is 1. The largest absolute Gasteiger partial charge is 0.543 e. The summed E-state index contributed by atoms with van der Waals surface area (Å²) in [5, 5.41) is 23.3. The quantitative estimate of drug-likeness (QED) is 0.178. The van der Waals surface area contributed by atoms with Crippen LogP contribution >= 0.6 is 23.1 Å². The number of thiophene rings is 1. The molecule has 14 heteroatoms. The SMILES string of the molecule is CO/N=C(\C(=O)NC1C(=O)N2C(C(=O)[O-])=C(C[n+]3cccc4sccc43)CS[C@H]12)c1cc(N)on1. The summed E-state index contributed by atoms with van der Waals surface area (Å²) in [7, 11) is 1.25. The summed E-state index contributed by atoms with van der Waals surface area (Å²) in [5.74, 6) is -2.44. The van der Waals surface area contributed by atoms with Gasteiger partial charge in [-0.05, 0) is 11.4 Å². The maximum absolute atomic E-state index is 13.0. The number of carbonyl (C=O) groups is 3. The van der Waals surface area contributed by atoms with Gasteiger partial charge >= 0.3 is 0 Å². The molecular formula is C21H18N6O6S2. The smallest absolute Gasteiger partial charge is 0.276 e. The van der Waals surface area contributed by atoms with Crippen LogP contribution in [-0.4, -0.2) is 57.8 Å². The molecule has 2 aliphatic heterocycles. The standard InChI is InChI=1S/C21H18N6O6S2/c1-32-25-15(11-7-14(22)33-24-11)18(28)23-16-19(29)27-17(21(30)31)10(9-35-20(16)27)8-26-5-2-3-13-12(26)4-6-34-13/h2-7,16,20H,8-9H2,1H3,(H3-,22,23,24,28,30,31)/b25-15-/t16?,20-/m1/s1. The number of carboxylic acid groups (broad SMARTS) is 1. The average Bonchev–Trinajstić information content (AvgIpc) is 3.49. The fourth-order valence-corrected chi connectivity index (χ4v) is 6.18. The Morgan fingerprint density at radius 2 is 2.29 bits per heavy atom. The molecule has 0 spiro atoms. The van der Waals surface area contributed by atoms with Gasteiger partial charge in [0.15, 0.2) is 18.5 Å². The molecule has 0 saturated carbocycles. The van der Waals surface area contributed by atoms with E-state index < -0.39 is 29.2 Å². The van der Waals surface area contributed by atoms with Gasteiger partial charge in [0.25, 0.3) is 11.8 Å². The van der Waals surface area contributed by atoms with Crippen LogP contribution < -0.4 is 20.7 Å². The number of oxime groups is 1. The van der Waals surface area contributed by atoms with E-state index in [2.05, 4.69) is 15.6 Å². The zero-order chi connectivity index (χ0) is 24.7. The molecule has 2 amide bonds. The molecule has 12 nitrogen and oxygen atoms in total. The van der Waals surface area contributed by atoms with Crippen LogP contribution in [-0.2, 0) is 25.8 Å². The summed E-state index contributed by atoms with van der Waals surface area (Å²) in [6, 6.07) is 6.15. The van der Waals surface area contributed by atoms with Crippen molar-refractivity contribution in [3.8, 4) is 0 Å². The topological polar surface area (TPSA) is 167 Å². The number of amides is 2. The first-order chi connectivity index (χ1) is 16.9. The molecule has 2 atom stereocenters. The number of pyridine rings is 1. The highest BCUT2D eigenvalue weighted by molar-refractivity contribution is 8.00. The van der Waals surface area contributed by atoms with E-state index in [0.717, 1.165) is 10.2 Å². The van der Waals surface area contributed by atoms with Crippen molar-refractivity contribution in [1.29, 1.82) is 0 Å². The Hall–Kier alpha value is -3.91. The van der Waals surface area contributed by atoms with E-state index in [1.807, 2.05) is 34.3 Å². The monoisotopic (exact) mass is 514 g/mol. The van der Waals surface area contributed by atoms with Crippen molar-refractivity contribution in [3.63, 3.8) is 0 Å². The van der Waals surface area contributed by atoms with Gasteiger partial charge in [0.2, 0.25) is 11.4 Å². The van der Waals surface area contributed by atoms with Crippen LogP contribution in [0.5, 0.6) is 0 Å². The zero-order valence-electron chi connectivity index (χ0n) is 18.2.